The molecule has 0 saturated heterocycles. The molecular weight excluding hydrogens is 336 g/mol. The molecule has 0 radical (unpaired) electrons. The van der Waals surface area contributed by atoms with Crippen molar-refractivity contribution >= 4 is 23.1 Å². The maximum Gasteiger partial charge on any atom is 0.323 e. The number of hydrogen-bond acceptors (Lipinski definition) is 2. The quantitative estimate of drug-likeness (QED) is 0.527. The number of rotatable bonds is 4. The van der Waals surface area contributed by atoms with Gasteiger partial charge in [-0.25, -0.2) is 9.78 Å². The van der Waals surface area contributed by atoms with Gasteiger partial charge in [-0.2, -0.15) is 0 Å². The lowest BCUT2D eigenvalue weighted by molar-refractivity contribution is 0.262. The Labute approximate surface area is 157 Å². The average Bonchev–Trinajstić information content (AvgIpc) is 3.13. The molecule has 5 nitrogen and oxygen atoms in total. The van der Waals surface area contributed by atoms with Crippen molar-refractivity contribution in [2.24, 2.45) is 0 Å². The number of anilines is 2. The van der Waals surface area contributed by atoms with Gasteiger partial charge in [-0.05, 0) is 42.3 Å². The zero-order valence-corrected chi connectivity index (χ0v) is 15.0. The Hall–Kier alpha value is -3.60. The highest BCUT2D eigenvalue weighted by Gasteiger charge is 2.07. The highest BCUT2D eigenvalue weighted by molar-refractivity contribution is 6.00. The van der Waals surface area contributed by atoms with Crippen molar-refractivity contribution in [2.45, 2.75) is 13.3 Å². The SMILES string of the molecule is CCc1ccccc1NC(=O)Nc1ccc(-c2cn3ccccc3n2)cc1. The predicted molar refractivity (Wildman–Crippen MR) is 109 cm³/mol. The summed E-state index contributed by atoms with van der Waals surface area (Å²) >= 11 is 0. The monoisotopic (exact) mass is 356 g/mol. The Bertz CT molecular complexity index is 1050. The van der Waals surface area contributed by atoms with Crippen LogP contribution >= 0.6 is 0 Å². The average molecular weight is 356 g/mol. The van der Waals surface area contributed by atoms with Crippen molar-refractivity contribution in [3.8, 4) is 11.3 Å². The number of benzene rings is 2. The minimum Gasteiger partial charge on any atom is -0.308 e. The number of urea groups is 1. The van der Waals surface area contributed by atoms with Crippen molar-refractivity contribution in [1.29, 1.82) is 0 Å². The number of imidazole rings is 1. The summed E-state index contributed by atoms with van der Waals surface area (Å²) in [6.45, 7) is 2.07. The zero-order valence-electron chi connectivity index (χ0n) is 15.0. The van der Waals surface area contributed by atoms with Crippen LogP contribution in [0.2, 0.25) is 0 Å². The van der Waals surface area contributed by atoms with Crippen LogP contribution < -0.4 is 10.6 Å². The molecule has 0 unspecified atom stereocenters. The number of para-hydroxylation sites is 1. The first-order valence-corrected chi connectivity index (χ1v) is 8.93. The summed E-state index contributed by atoms with van der Waals surface area (Å²) in [6.07, 6.45) is 4.83. The molecule has 0 aliphatic rings. The molecule has 2 aromatic carbocycles. The van der Waals surface area contributed by atoms with Crippen molar-refractivity contribution in [1.82, 2.24) is 9.38 Å². The van der Waals surface area contributed by atoms with Gasteiger partial charge in [0.15, 0.2) is 0 Å². The third-order valence-electron chi connectivity index (χ3n) is 4.45. The molecule has 0 fully saturated rings. The number of nitrogens with zero attached hydrogens (tertiary/aromatic N) is 2. The molecule has 0 aliphatic carbocycles. The molecule has 0 spiro atoms. The van der Waals surface area contributed by atoms with Crippen LogP contribution in [0.1, 0.15) is 12.5 Å². The van der Waals surface area contributed by atoms with Gasteiger partial charge in [-0.15, -0.1) is 0 Å². The third kappa shape index (κ3) is 3.67. The van der Waals surface area contributed by atoms with E-state index >= 15 is 0 Å². The first kappa shape index (κ1) is 16.8. The fourth-order valence-electron chi connectivity index (χ4n) is 3.03. The first-order chi connectivity index (χ1) is 13.2. The molecule has 2 aromatic heterocycles. The number of aryl methyl sites for hydroxylation is 1. The van der Waals surface area contributed by atoms with Crippen molar-refractivity contribution in [3.05, 3.63) is 84.7 Å². The van der Waals surface area contributed by atoms with E-state index in [-0.39, 0.29) is 6.03 Å². The molecule has 0 bridgehead atoms. The highest BCUT2D eigenvalue weighted by atomic mass is 16.2. The molecule has 0 saturated carbocycles. The minimum atomic E-state index is -0.253. The Kier molecular flexibility index (Phi) is 4.58. The zero-order chi connectivity index (χ0) is 18.6. The number of carbonyl (C=O) groups is 1. The highest BCUT2D eigenvalue weighted by Crippen LogP contribution is 2.22. The number of nitrogens with one attached hydrogen (secondary N) is 2. The molecule has 0 atom stereocenters. The summed E-state index contributed by atoms with van der Waals surface area (Å²) in [5.41, 5.74) is 5.47. The Morgan fingerprint density at radius 1 is 0.963 bits per heavy atom. The van der Waals surface area contributed by atoms with E-state index in [1.54, 1.807) is 0 Å². The van der Waals surface area contributed by atoms with E-state index in [2.05, 4.69) is 22.5 Å². The predicted octanol–water partition coefficient (Wildman–Crippen LogP) is 5.21. The molecular formula is C22H20N4O. The number of fused-ring (bicyclic) bond motifs is 1. The smallest absolute Gasteiger partial charge is 0.308 e. The number of aromatic nitrogens is 2. The summed E-state index contributed by atoms with van der Waals surface area (Å²) in [5.74, 6) is 0. The Morgan fingerprint density at radius 3 is 2.52 bits per heavy atom. The van der Waals surface area contributed by atoms with Gasteiger partial charge in [0, 0.05) is 29.3 Å². The second kappa shape index (κ2) is 7.33. The van der Waals surface area contributed by atoms with Gasteiger partial charge in [-0.1, -0.05) is 43.3 Å². The van der Waals surface area contributed by atoms with E-state index in [0.717, 1.165) is 40.3 Å². The van der Waals surface area contributed by atoms with Gasteiger partial charge >= 0.3 is 6.03 Å². The molecule has 134 valence electrons. The Balaban J connectivity index is 1.46. The van der Waals surface area contributed by atoms with E-state index in [0.29, 0.717) is 0 Å². The largest absolute Gasteiger partial charge is 0.323 e. The van der Waals surface area contributed by atoms with E-state index in [1.807, 2.05) is 83.5 Å². The van der Waals surface area contributed by atoms with Gasteiger partial charge in [-0.3, -0.25) is 0 Å². The van der Waals surface area contributed by atoms with Crippen LogP contribution in [-0.4, -0.2) is 15.4 Å². The summed E-state index contributed by atoms with van der Waals surface area (Å²) in [7, 11) is 0. The van der Waals surface area contributed by atoms with E-state index in [9.17, 15) is 4.79 Å². The molecule has 5 heteroatoms. The fraction of sp³-hybridized carbons (Fsp3) is 0.0909. The summed E-state index contributed by atoms with van der Waals surface area (Å²) < 4.78 is 1.99. The number of hydrogen-bond donors (Lipinski definition) is 2. The maximum absolute atomic E-state index is 12.3. The minimum absolute atomic E-state index is 0.253. The number of amides is 2. The Morgan fingerprint density at radius 2 is 1.74 bits per heavy atom. The lowest BCUT2D eigenvalue weighted by Gasteiger charge is -2.11. The molecule has 0 aliphatic heterocycles. The standard InChI is InChI=1S/C22H20N4O/c1-2-16-7-3-4-8-19(16)25-22(27)23-18-12-10-17(11-13-18)20-15-26-14-6-5-9-21(26)24-20/h3-15H,2H2,1H3,(H2,23,25,27). The van der Waals surface area contributed by atoms with E-state index in [4.69, 9.17) is 0 Å². The molecule has 2 amide bonds. The van der Waals surface area contributed by atoms with Gasteiger partial charge in [0.1, 0.15) is 5.65 Å². The van der Waals surface area contributed by atoms with Crippen LogP contribution in [-0.2, 0) is 6.42 Å². The van der Waals surface area contributed by atoms with Crippen LogP contribution in [0.4, 0.5) is 16.2 Å². The maximum atomic E-state index is 12.3. The lowest BCUT2D eigenvalue weighted by Crippen LogP contribution is -2.20. The van der Waals surface area contributed by atoms with Crippen molar-refractivity contribution < 1.29 is 4.79 Å². The third-order valence-corrected chi connectivity index (χ3v) is 4.45. The second-order valence-corrected chi connectivity index (χ2v) is 6.26. The van der Waals surface area contributed by atoms with Crippen LogP contribution in [0, 0.1) is 0 Å². The van der Waals surface area contributed by atoms with Crippen LogP contribution in [0.25, 0.3) is 16.9 Å². The van der Waals surface area contributed by atoms with Gasteiger partial charge in [0.2, 0.25) is 0 Å². The van der Waals surface area contributed by atoms with E-state index < -0.39 is 0 Å². The number of pyridine rings is 1. The van der Waals surface area contributed by atoms with Gasteiger partial charge < -0.3 is 15.0 Å². The summed E-state index contributed by atoms with van der Waals surface area (Å²) in [6, 6.07) is 21.1. The normalized spacial score (nSPS) is 10.7. The van der Waals surface area contributed by atoms with Crippen LogP contribution in [0.5, 0.6) is 0 Å². The van der Waals surface area contributed by atoms with Gasteiger partial charge in [0.25, 0.3) is 0 Å². The number of carbonyl (C=O) groups excluding carboxylic acids is 1. The van der Waals surface area contributed by atoms with E-state index in [1.165, 1.54) is 0 Å². The molecule has 2 heterocycles. The van der Waals surface area contributed by atoms with Crippen molar-refractivity contribution in [3.63, 3.8) is 0 Å². The van der Waals surface area contributed by atoms with Crippen molar-refractivity contribution in [2.75, 3.05) is 10.6 Å². The summed E-state index contributed by atoms with van der Waals surface area (Å²) in [5, 5.41) is 5.78. The summed E-state index contributed by atoms with van der Waals surface area (Å²) in [4.78, 5) is 16.9. The van der Waals surface area contributed by atoms with Crippen LogP contribution in [0.3, 0.4) is 0 Å². The topological polar surface area (TPSA) is 58.4 Å². The molecule has 4 aromatic rings. The molecule has 27 heavy (non-hydrogen) atoms. The lowest BCUT2D eigenvalue weighted by atomic mass is 10.1. The van der Waals surface area contributed by atoms with Crippen LogP contribution in [0.15, 0.2) is 79.1 Å². The first-order valence-electron chi connectivity index (χ1n) is 8.93. The van der Waals surface area contributed by atoms with Gasteiger partial charge in [0.05, 0.1) is 5.69 Å². The second-order valence-electron chi connectivity index (χ2n) is 6.26. The fourth-order valence-corrected chi connectivity index (χ4v) is 3.03. The molecule has 4 rings (SSSR count). The molecule has 2 N–H and O–H groups in total.